The lowest BCUT2D eigenvalue weighted by atomic mass is 9.78. The van der Waals surface area contributed by atoms with Crippen LogP contribution < -0.4 is 13.8 Å². The fourth-order valence-electron chi connectivity index (χ4n) is 4.09. The largest absolute Gasteiger partial charge is 0.495 e. The summed E-state index contributed by atoms with van der Waals surface area (Å²) in [5, 5.41) is 0.170. The second-order valence-electron chi connectivity index (χ2n) is 9.10. The van der Waals surface area contributed by atoms with E-state index in [0.29, 0.717) is 15.8 Å². The second kappa shape index (κ2) is 11.3. The number of hydrogen-bond donors (Lipinski definition) is 0. The highest BCUT2D eigenvalue weighted by Crippen LogP contribution is 2.34. The van der Waals surface area contributed by atoms with Gasteiger partial charge < -0.3 is 9.47 Å². The number of amides is 1. The van der Waals surface area contributed by atoms with Crippen molar-refractivity contribution in [1.82, 2.24) is 0 Å². The predicted molar refractivity (Wildman–Crippen MR) is 150 cm³/mol. The van der Waals surface area contributed by atoms with Gasteiger partial charge in [0.05, 0.1) is 22.7 Å². The van der Waals surface area contributed by atoms with E-state index in [9.17, 15) is 13.2 Å². The Morgan fingerprint density at radius 1 is 0.842 bits per heavy atom. The van der Waals surface area contributed by atoms with E-state index in [1.54, 1.807) is 30.3 Å². The van der Waals surface area contributed by atoms with E-state index in [2.05, 4.69) is 26.0 Å². The summed E-state index contributed by atoms with van der Waals surface area (Å²) in [6.45, 7) is 3.76. The molecule has 4 rings (SSSR count). The van der Waals surface area contributed by atoms with Crippen molar-refractivity contribution < 1.29 is 22.7 Å². The summed E-state index contributed by atoms with van der Waals surface area (Å²) in [7, 11) is -2.80. The normalized spacial score (nSPS) is 11.6. The summed E-state index contributed by atoms with van der Waals surface area (Å²) in [6.07, 6.45) is 0. The minimum absolute atomic E-state index is 0.0345. The SMILES string of the molecule is COc1ccc(N(C(=O)COc2ccc(C(C)(C)c3ccccc3)cc2)S(=O)(=O)c2ccccc2)cc1Cl. The number of anilines is 1. The Morgan fingerprint density at radius 2 is 1.42 bits per heavy atom. The molecule has 4 aromatic carbocycles. The van der Waals surface area contributed by atoms with Crippen LogP contribution in [-0.4, -0.2) is 28.0 Å². The van der Waals surface area contributed by atoms with E-state index >= 15 is 0 Å². The maximum absolute atomic E-state index is 13.5. The summed E-state index contributed by atoms with van der Waals surface area (Å²) < 4.78 is 38.6. The number of carbonyl (C=O) groups is 1. The molecule has 0 atom stereocenters. The van der Waals surface area contributed by atoms with E-state index in [-0.39, 0.29) is 21.0 Å². The highest BCUT2D eigenvalue weighted by Gasteiger charge is 2.32. The summed E-state index contributed by atoms with van der Waals surface area (Å²) in [4.78, 5) is 13.3. The van der Waals surface area contributed by atoms with Gasteiger partial charge in [0.25, 0.3) is 15.9 Å². The first-order valence-corrected chi connectivity index (χ1v) is 13.7. The molecule has 0 heterocycles. The van der Waals surface area contributed by atoms with Crippen LogP contribution in [-0.2, 0) is 20.2 Å². The van der Waals surface area contributed by atoms with Crippen LogP contribution in [0.3, 0.4) is 0 Å². The van der Waals surface area contributed by atoms with Gasteiger partial charge in [0.1, 0.15) is 11.5 Å². The van der Waals surface area contributed by atoms with Crippen molar-refractivity contribution in [1.29, 1.82) is 0 Å². The van der Waals surface area contributed by atoms with Gasteiger partial charge in [-0.1, -0.05) is 86.1 Å². The Morgan fingerprint density at radius 3 is 2.00 bits per heavy atom. The zero-order chi connectivity index (χ0) is 27.3. The van der Waals surface area contributed by atoms with Gasteiger partial charge in [-0.25, -0.2) is 8.42 Å². The van der Waals surface area contributed by atoms with Crippen molar-refractivity contribution in [3.8, 4) is 11.5 Å². The van der Waals surface area contributed by atoms with Crippen molar-refractivity contribution in [2.75, 3.05) is 18.0 Å². The monoisotopic (exact) mass is 549 g/mol. The molecule has 0 fully saturated rings. The summed E-state index contributed by atoms with van der Waals surface area (Å²) in [5.74, 6) is 0.0225. The molecule has 38 heavy (non-hydrogen) atoms. The summed E-state index contributed by atoms with van der Waals surface area (Å²) in [5.41, 5.74) is 2.09. The van der Waals surface area contributed by atoms with Crippen LogP contribution in [0.2, 0.25) is 5.02 Å². The average molecular weight is 550 g/mol. The molecular formula is C30H28ClNO5S. The van der Waals surface area contributed by atoms with Gasteiger partial charge in [0, 0.05) is 5.41 Å². The van der Waals surface area contributed by atoms with Crippen molar-refractivity contribution >= 4 is 33.2 Å². The zero-order valence-electron chi connectivity index (χ0n) is 21.3. The van der Waals surface area contributed by atoms with E-state index in [1.165, 1.54) is 43.0 Å². The van der Waals surface area contributed by atoms with Crippen molar-refractivity contribution in [3.63, 3.8) is 0 Å². The molecule has 0 saturated carbocycles. The Labute approximate surface area is 228 Å². The Balaban J connectivity index is 1.58. The van der Waals surface area contributed by atoms with E-state index in [4.69, 9.17) is 21.1 Å². The standard InChI is InChI=1S/C30H28ClNO5S/c1-30(2,22-10-6-4-7-11-22)23-14-17-25(18-15-23)37-21-29(33)32(24-16-19-28(36-3)27(31)20-24)38(34,35)26-12-8-5-9-13-26/h4-20H,21H2,1-3H3. The van der Waals surface area contributed by atoms with E-state index in [1.807, 2.05) is 30.3 Å². The smallest absolute Gasteiger partial charge is 0.278 e. The lowest BCUT2D eigenvalue weighted by Crippen LogP contribution is -2.40. The predicted octanol–water partition coefficient (Wildman–Crippen LogP) is 6.48. The molecule has 0 bridgehead atoms. The van der Waals surface area contributed by atoms with Gasteiger partial charge in [-0.15, -0.1) is 0 Å². The minimum atomic E-state index is -4.25. The lowest BCUT2D eigenvalue weighted by Gasteiger charge is -2.26. The second-order valence-corrected chi connectivity index (χ2v) is 11.3. The molecule has 4 aromatic rings. The first kappa shape index (κ1) is 27.2. The third-order valence-electron chi connectivity index (χ3n) is 6.31. The molecule has 0 N–H and O–H groups in total. The number of carbonyl (C=O) groups excluding carboxylic acids is 1. The van der Waals surface area contributed by atoms with Gasteiger partial charge >= 0.3 is 0 Å². The minimum Gasteiger partial charge on any atom is -0.495 e. The van der Waals surface area contributed by atoms with Gasteiger partial charge in [0.15, 0.2) is 6.61 Å². The highest BCUT2D eigenvalue weighted by molar-refractivity contribution is 7.93. The van der Waals surface area contributed by atoms with Gasteiger partial charge in [-0.2, -0.15) is 4.31 Å². The van der Waals surface area contributed by atoms with E-state index in [0.717, 1.165) is 5.56 Å². The number of methoxy groups -OCH3 is 1. The number of halogens is 1. The molecule has 196 valence electrons. The summed E-state index contributed by atoms with van der Waals surface area (Å²) >= 11 is 6.25. The molecule has 0 radical (unpaired) electrons. The third-order valence-corrected chi connectivity index (χ3v) is 8.37. The van der Waals surface area contributed by atoms with Crippen LogP contribution >= 0.6 is 11.6 Å². The number of rotatable bonds is 9. The molecule has 6 nitrogen and oxygen atoms in total. The molecule has 0 unspecified atom stereocenters. The topological polar surface area (TPSA) is 72.9 Å². The molecule has 0 aromatic heterocycles. The zero-order valence-corrected chi connectivity index (χ0v) is 22.9. The van der Waals surface area contributed by atoms with Crippen molar-refractivity contribution in [2.45, 2.75) is 24.2 Å². The van der Waals surface area contributed by atoms with Gasteiger partial charge in [-0.3, -0.25) is 4.79 Å². The van der Waals surface area contributed by atoms with Crippen LogP contribution in [0.15, 0.2) is 108 Å². The molecule has 1 amide bonds. The van der Waals surface area contributed by atoms with Crippen LogP contribution in [0.25, 0.3) is 0 Å². The molecule has 0 aliphatic carbocycles. The Kier molecular flexibility index (Phi) is 8.09. The number of hydrogen-bond acceptors (Lipinski definition) is 5. The van der Waals surface area contributed by atoms with Crippen molar-refractivity contribution in [3.05, 3.63) is 119 Å². The lowest BCUT2D eigenvalue weighted by molar-refractivity contribution is -0.119. The maximum Gasteiger partial charge on any atom is 0.278 e. The molecule has 0 aliphatic rings. The third kappa shape index (κ3) is 5.69. The number of ether oxygens (including phenoxy) is 2. The van der Waals surface area contributed by atoms with Crippen LogP contribution in [0.5, 0.6) is 11.5 Å². The van der Waals surface area contributed by atoms with Gasteiger partial charge in [0.2, 0.25) is 0 Å². The first-order valence-electron chi connectivity index (χ1n) is 11.9. The van der Waals surface area contributed by atoms with Crippen LogP contribution in [0.4, 0.5) is 5.69 Å². The molecule has 0 aliphatic heterocycles. The fraction of sp³-hybridized carbons (Fsp3) is 0.167. The van der Waals surface area contributed by atoms with Crippen LogP contribution in [0, 0.1) is 0 Å². The Hall–Kier alpha value is -3.81. The van der Waals surface area contributed by atoms with E-state index < -0.39 is 22.5 Å². The Bertz CT molecular complexity index is 1510. The van der Waals surface area contributed by atoms with Crippen LogP contribution in [0.1, 0.15) is 25.0 Å². The molecule has 8 heteroatoms. The number of nitrogens with zero attached hydrogens (tertiary/aromatic N) is 1. The maximum atomic E-state index is 13.5. The fourth-order valence-corrected chi connectivity index (χ4v) is 5.77. The van der Waals surface area contributed by atoms with Crippen molar-refractivity contribution in [2.24, 2.45) is 0 Å². The summed E-state index contributed by atoms with van der Waals surface area (Å²) in [6, 6.07) is 29.6. The highest BCUT2D eigenvalue weighted by atomic mass is 35.5. The number of sulfonamides is 1. The quantitative estimate of drug-likeness (QED) is 0.239. The number of benzene rings is 4. The molecule has 0 spiro atoms. The first-order chi connectivity index (χ1) is 18.1. The molecular weight excluding hydrogens is 522 g/mol. The average Bonchev–Trinajstić information content (AvgIpc) is 2.93. The molecule has 0 saturated heterocycles. The van der Waals surface area contributed by atoms with Gasteiger partial charge in [-0.05, 0) is 53.6 Å².